The second-order valence-electron chi connectivity index (χ2n) is 7.73. The standard InChI is InChI=1S/C24H23FN6S2/c1-17-2-8-20(9-3-17)33-31-13-11-30(12-14-31)24-28-21(23-26-10-15-32-23)16-22(29-24)27-19-6-4-18(25)5-7-19/h2-10,15-16H,11-14H2,1H3,(H,27,28,29). The number of aromatic nitrogens is 3. The van der Waals surface area contributed by atoms with Gasteiger partial charge in [0.2, 0.25) is 5.95 Å². The van der Waals surface area contributed by atoms with Crippen molar-refractivity contribution in [1.82, 2.24) is 19.3 Å². The number of aryl methyl sites for hydroxylation is 1. The average Bonchev–Trinajstić information content (AvgIpc) is 3.38. The molecule has 168 valence electrons. The number of halogens is 1. The molecule has 6 nitrogen and oxygen atoms in total. The van der Waals surface area contributed by atoms with Crippen molar-refractivity contribution in [3.05, 3.63) is 77.6 Å². The van der Waals surface area contributed by atoms with Crippen LogP contribution in [0.2, 0.25) is 0 Å². The van der Waals surface area contributed by atoms with Gasteiger partial charge < -0.3 is 10.2 Å². The molecule has 5 rings (SSSR count). The molecule has 3 heterocycles. The van der Waals surface area contributed by atoms with Crippen LogP contribution in [0.4, 0.5) is 21.8 Å². The summed E-state index contributed by atoms with van der Waals surface area (Å²) < 4.78 is 15.7. The molecule has 0 atom stereocenters. The summed E-state index contributed by atoms with van der Waals surface area (Å²) in [6.45, 7) is 5.58. The van der Waals surface area contributed by atoms with E-state index in [4.69, 9.17) is 9.97 Å². The van der Waals surface area contributed by atoms with E-state index in [2.05, 4.69) is 50.7 Å². The molecule has 2 aromatic heterocycles. The van der Waals surface area contributed by atoms with Crippen LogP contribution in [-0.2, 0) is 0 Å². The first-order chi connectivity index (χ1) is 16.1. The Kier molecular flexibility index (Phi) is 6.52. The molecular formula is C24H23FN6S2. The van der Waals surface area contributed by atoms with Crippen LogP contribution in [0.25, 0.3) is 10.7 Å². The topological polar surface area (TPSA) is 57.2 Å². The summed E-state index contributed by atoms with van der Waals surface area (Å²) in [5.41, 5.74) is 2.81. The summed E-state index contributed by atoms with van der Waals surface area (Å²) in [6.07, 6.45) is 1.77. The van der Waals surface area contributed by atoms with Crippen LogP contribution in [0.3, 0.4) is 0 Å². The molecule has 1 fully saturated rings. The highest BCUT2D eigenvalue weighted by molar-refractivity contribution is 7.97. The molecule has 1 aliphatic rings. The molecule has 4 aromatic rings. The minimum Gasteiger partial charge on any atom is -0.340 e. The van der Waals surface area contributed by atoms with Crippen molar-refractivity contribution >= 4 is 40.7 Å². The number of nitrogens with one attached hydrogen (secondary N) is 1. The Morgan fingerprint density at radius 3 is 2.42 bits per heavy atom. The summed E-state index contributed by atoms with van der Waals surface area (Å²) in [5.74, 6) is 1.06. The maximum absolute atomic E-state index is 13.3. The molecular weight excluding hydrogens is 455 g/mol. The zero-order valence-electron chi connectivity index (χ0n) is 18.1. The first-order valence-electron chi connectivity index (χ1n) is 10.7. The van der Waals surface area contributed by atoms with Gasteiger partial charge in [0.05, 0.1) is 0 Å². The molecule has 1 aliphatic heterocycles. The summed E-state index contributed by atoms with van der Waals surface area (Å²) >= 11 is 3.33. The first-order valence-corrected chi connectivity index (χ1v) is 12.3. The SMILES string of the molecule is Cc1ccc(SN2CCN(c3nc(Nc4ccc(F)cc4)cc(-c4nccs4)n3)CC2)cc1. The van der Waals surface area contributed by atoms with Gasteiger partial charge in [-0.1, -0.05) is 17.7 Å². The zero-order chi connectivity index (χ0) is 22.6. The molecule has 0 amide bonds. The van der Waals surface area contributed by atoms with E-state index < -0.39 is 0 Å². The number of rotatable bonds is 6. The third-order valence-electron chi connectivity index (χ3n) is 5.26. The van der Waals surface area contributed by atoms with Crippen LogP contribution >= 0.6 is 23.3 Å². The summed E-state index contributed by atoms with van der Waals surface area (Å²) in [5, 5.41) is 6.05. The van der Waals surface area contributed by atoms with Gasteiger partial charge in [-0.25, -0.2) is 18.7 Å². The van der Waals surface area contributed by atoms with Crippen LogP contribution in [-0.4, -0.2) is 45.4 Å². The molecule has 0 radical (unpaired) electrons. The van der Waals surface area contributed by atoms with Crippen molar-refractivity contribution in [2.24, 2.45) is 0 Å². The van der Waals surface area contributed by atoms with Gasteiger partial charge >= 0.3 is 0 Å². The van der Waals surface area contributed by atoms with Gasteiger partial charge in [0, 0.05) is 54.4 Å². The monoisotopic (exact) mass is 478 g/mol. The molecule has 0 saturated carbocycles. The van der Waals surface area contributed by atoms with E-state index in [0.29, 0.717) is 11.8 Å². The molecule has 1 saturated heterocycles. The largest absolute Gasteiger partial charge is 0.340 e. The Hall–Kier alpha value is -3.01. The first kappa shape index (κ1) is 21.8. The van der Waals surface area contributed by atoms with Crippen molar-refractivity contribution < 1.29 is 4.39 Å². The van der Waals surface area contributed by atoms with E-state index in [1.807, 2.05) is 11.4 Å². The Morgan fingerprint density at radius 2 is 1.73 bits per heavy atom. The third kappa shape index (κ3) is 5.50. The molecule has 9 heteroatoms. The van der Waals surface area contributed by atoms with E-state index >= 15 is 0 Å². The summed E-state index contributed by atoms with van der Waals surface area (Å²) in [4.78, 5) is 17.5. The second kappa shape index (κ2) is 9.86. The smallest absolute Gasteiger partial charge is 0.228 e. The quantitative estimate of drug-likeness (QED) is 0.361. The maximum Gasteiger partial charge on any atom is 0.228 e. The van der Waals surface area contributed by atoms with Gasteiger partial charge in [-0.2, -0.15) is 4.98 Å². The van der Waals surface area contributed by atoms with Gasteiger partial charge in [-0.15, -0.1) is 11.3 Å². The molecule has 0 bridgehead atoms. The Morgan fingerprint density at radius 1 is 0.970 bits per heavy atom. The highest BCUT2D eigenvalue weighted by Gasteiger charge is 2.21. The molecule has 33 heavy (non-hydrogen) atoms. The van der Waals surface area contributed by atoms with Gasteiger partial charge in [-0.3, -0.25) is 0 Å². The van der Waals surface area contributed by atoms with Crippen LogP contribution in [0.15, 0.2) is 71.1 Å². The predicted molar refractivity (Wildman–Crippen MR) is 134 cm³/mol. The molecule has 0 aliphatic carbocycles. The number of thiazole rings is 1. The minimum absolute atomic E-state index is 0.270. The van der Waals surface area contributed by atoms with E-state index in [9.17, 15) is 4.39 Å². The van der Waals surface area contributed by atoms with E-state index in [1.54, 1.807) is 41.6 Å². The lowest BCUT2D eigenvalue weighted by atomic mass is 10.2. The molecule has 1 N–H and O–H groups in total. The number of nitrogens with zero attached hydrogens (tertiary/aromatic N) is 5. The molecule has 2 aromatic carbocycles. The lowest BCUT2D eigenvalue weighted by Gasteiger charge is -2.34. The maximum atomic E-state index is 13.3. The summed E-state index contributed by atoms with van der Waals surface area (Å²) in [6, 6.07) is 16.8. The fraction of sp³-hybridized carbons (Fsp3) is 0.208. The fourth-order valence-corrected chi connectivity index (χ4v) is 5.01. The number of piperazine rings is 1. The number of hydrogen-bond donors (Lipinski definition) is 1. The normalized spacial score (nSPS) is 14.4. The van der Waals surface area contributed by atoms with Crippen LogP contribution < -0.4 is 10.2 Å². The highest BCUT2D eigenvalue weighted by Crippen LogP contribution is 2.29. The fourth-order valence-electron chi connectivity index (χ4n) is 3.51. The average molecular weight is 479 g/mol. The Labute approximate surface area is 200 Å². The van der Waals surface area contributed by atoms with Gasteiger partial charge in [0.25, 0.3) is 0 Å². The van der Waals surface area contributed by atoms with Crippen LogP contribution in [0, 0.1) is 12.7 Å². The third-order valence-corrected chi connectivity index (χ3v) is 7.16. The van der Waals surface area contributed by atoms with Crippen molar-refractivity contribution in [3.8, 4) is 10.7 Å². The highest BCUT2D eigenvalue weighted by atomic mass is 32.2. The second-order valence-corrected chi connectivity index (χ2v) is 9.79. The number of anilines is 3. The van der Waals surface area contributed by atoms with E-state index in [-0.39, 0.29) is 5.82 Å². The van der Waals surface area contributed by atoms with Crippen molar-refractivity contribution in [3.63, 3.8) is 0 Å². The Bertz CT molecular complexity index is 1190. The van der Waals surface area contributed by atoms with E-state index in [0.717, 1.165) is 42.6 Å². The Balaban J connectivity index is 1.33. The van der Waals surface area contributed by atoms with E-state index in [1.165, 1.54) is 22.6 Å². The van der Waals surface area contributed by atoms with Crippen molar-refractivity contribution in [2.45, 2.75) is 11.8 Å². The molecule has 0 unspecified atom stereocenters. The van der Waals surface area contributed by atoms with Crippen LogP contribution in [0.5, 0.6) is 0 Å². The number of benzene rings is 2. The van der Waals surface area contributed by atoms with Gasteiger partial charge in [0.1, 0.15) is 22.3 Å². The minimum atomic E-state index is -0.270. The van der Waals surface area contributed by atoms with Crippen LogP contribution in [0.1, 0.15) is 5.56 Å². The molecule has 0 spiro atoms. The van der Waals surface area contributed by atoms with Crippen molar-refractivity contribution in [2.75, 3.05) is 36.4 Å². The lowest BCUT2D eigenvalue weighted by Crippen LogP contribution is -2.44. The number of hydrogen-bond acceptors (Lipinski definition) is 8. The van der Waals surface area contributed by atoms with Gasteiger partial charge in [0.15, 0.2) is 0 Å². The van der Waals surface area contributed by atoms with Crippen molar-refractivity contribution in [1.29, 1.82) is 0 Å². The summed E-state index contributed by atoms with van der Waals surface area (Å²) in [7, 11) is 0. The lowest BCUT2D eigenvalue weighted by molar-refractivity contribution is 0.426. The predicted octanol–water partition coefficient (Wildman–Crippen LogP) is 5.62. The van der Waals surface area contributed by atoms with Gasteiger partial charge in [-0.05, 0) is 55.3 Å². The zero-order valence-corrected chi connectivity index (χ0v) is 19.7.